The van der Waals surface area contributed by atoms with E-state index in [1.807, 2.05) is 4.90 Å². The third-order valence-electron chi connectivity index (χ3n) is 2.28. The largest absolute Gasteiger partial charge is 0.468 e. The molecule has 1 rings (SSSR count). The Morgan fingerprint density at radius 1 is 1.62 bits per heavy atom. The summed E-state index contributed by atoms with van der Waals surface area (Å²) in [5.41, 5.74) is 0. The smallest absolute Gasteiger partial charge is 0.319 e. The van der Waals surface area contributed by atoms with Crippen LogP contribution in [0.5, 0.6) is 0 Å². The molecule has 0 aromatic carbocycles. The lowest BCUT2D eigenvalue weighted by Gasteiger charge is -2.18. The minimum atomic E-state index is -0.785. The van der Waals surface area contributed by atoms with Crippen molar-refractivity contribution < 1.29 is 13.9 Å². The predicted octanol–water partition coefficient (Wildman–Crippen LogP) is 0.983. The second-order valence-electron chi connectivity index (χ2n) is 3.40. The molecule has 1 aliphatic heterocycles. The van der Waals surface area contributed by atoms with E-state index < -0.39 is 6.17 Å². The van der Waals surface area contributed by atoms with Crippen molar-refractivity contribution in [2.24, 2.45) is 0 Å². The van der Waals surface area contributed by atoms with Crippen LogP contribution in [0.4, 0.5) is 4.39 Å². The minimum Gasteiger partial charge on any atom is -0.468 e. The Kier molecular flexibility index (Phi) is 4.15. The third-order valence-corrected chi connectivity index (χ3v) is 2.28. The van der Waals surface area contributed by atoms with Crippen LogP contribution in [0.1, 0.15) is 19.3 Å². The van der Waals surface area contributed by atoms with Gasteiger partial charge in [0.15, 0.2) is 0 Å². The summed E-state index contributed by atoms with van der Waals surface area (Å²) in [5, 5.41) is 0. The van der Waals surface area contributed by atoms with Crippen LogP contribution in [0.25, 0.3) is 0 Å². The van der Waals surface area contributed by atoms with E-state index >= 15 is 0 Å². The highest BCUT2D eigenvalue weighted by Gasteiger charge is 2.19. The van der Waals surface area contributed by atoms with E-state index in [1.165, 1.54) is 7.11 Å². The molecule has 0 aliphatic carbocycles. The van der Waals surface area contributed by atoms with Crippen LogP contribution in [0, 0.1) is 0 Å². The number of halogens is 1. The van der Waals surface area contributed by atoms with Gasteiger partial charge in [0.05, 0.1) is 13.7 Å². The van der Waals surface area contributed by atoms with Gasteiger partial charge in [-0.1, -0.05) is 0 Å². The van der Waals surface area contributed by atoms with Gasteiger partial charge < -0.3 is 4.74 Å². The quantitative estimate of drug-likeness (QED) is 0.606. The van der Waals surface area contributed by atoms with Crippen LogP contribution >= 0.6 is 0 Å². The molecule has 0 radical (unpaired) electrons. The maximum Gasteiger partial charge on any atom is 0.319 e. The number of alkyl halides is 1. The molecular formula is C9H16FNO2. The van der Waals surface area contributed by atoms with E-state index in [2.05, 4.69) is 4.74 Å². The number of carbonyl (C=O) groups excluding carboxylic acids is 1. The Bertz CT molecular complexity index is 175. The zero-order chi connectivity index (χ0) is 9.68. The van der Waals surface area contributed by atoms with Crippen molar-refractivity contribution >= 4 is 5.97 Å². The molecule has 1 fully saturated rings. The molecule has 0 aromatic rings. The lowest BCUT2D eigenvalue weighted by molar-refractivity contribution is -0.142. The van der Waals surface area contributed by atoms with E-state index in [9.17, 15) is 9.18 Å². The summed E-state index contributed by atoms with van der Waals surface area (Å²) in [5.74, 6) is -0.283. The van der Waals surface area contributed by atoms with Gasteiger partial charge in [-0.2, -0.15) is 0 Å². The first-order valence-corrected chi connectivity index (χ1v) is 4.65. The van der Waals surface area contributed by atoms with Gasteiger partial charge >= 0.3 is 5.97 Å². The van der Waals surface area contributed by atoms with E-state index in [0.29, 0.717) is 13.0 Å². The molecule has 0 bridgehead atoms. The van der Waals surface area contributed by atoms with Crippen LogP contribution in [-0.4, -0.2) is 43.8 Å². The number of rotatable bonds is 2. The fourth-order valence-electron chi connectivity index (χ4n) is 1.55. The molecule has 4 heteroatoms. The summed E-state index contributed by atoms with van der Waals surface area (Å²) >= 11 is 0. The summed E-state index contributed by atoms with van der Waals surface area (Å²) in [7, 11) is 1.35. The number of esters is 1. The average molecular weight is 189 g/mol. The van der Waals surface area contributed by atoms with E-state index in [0.717, 1.165) is 19.4 Å². The van der Waals surface area contributed by atoms with Gasteiger partial charge in [-0.15, -0.1) is 0 Å². The van der Waals surface area contributed by atoms with Crippen LogP contribution in [0.15, 0.2) is 0 Å². The fourth-order valence-corrected chi connectivity index (χ4v) is 1.55. The molecule has 0 saturated carbocycles. The van der Waals surface area contributed by atoms with Gasteiger partial charge in [-0.25, -0.2) is 4.39 Å². The molecular weight excluding hydrogens is 173 g/mol. The van der Waals surface area contributed by atoms with Crippen molar-refractivity contribution in [3.63, 3.8) is 0 Å². The van der Waals surface area contributed by atoms with Gasteiger partial charge in [0.1, 0.15) is 6.17 Å². The van der Waals surface area contributed by atoms with Crippen molar-refractivity contribution in [1.82, 2.24) is 4.90 Å². The van der Waals surface area contributed by atoms with Crippen molar-refractivity contribution in [2.45, 2.75) is 25.4 Å². The number of hydrogen-bond donors (Lipinski definition) is 0. The minimum absolute atomic E-state index is 0.219. The molecule has 1 heterocycles. The van der Waals surface area contributed by atoms with Crippen molar-refractivity contribution in [2.75, 3.05) is 26.7 Å². The topological polar surface area (TPSA) is 29.5 Å². The van der Waals surface area contributed by atoms with E-state index in [4.69, 9.17) is 0 Å². The number of ether oxygens (including phenoxy) is 1. The summed E-state index contributed by atoms with van der Waals surface area (Å²) in [4.78, 5) is 12.7. The van der Waals surface area contributed by atoms with Gasteiger partial charge in [0, 0.05) is 6.54 Å². The van der Waals surface area contributed by atoms with E-state index in [1.54, 1.807) is 0 Å². The number of hydrogen-bond acceptors (Lipinski definition) is 3. The molecule has 3 nitrogen and oxygen atoms in total. The Hall–Kier alpha value is -0.640. The summed E-state index contributed by atoms with van der Waals surface area (Å²) < 4.78 is 17.6. The lowest BCUT2D eigenvalue weighted by atomic mass is 10.2. The fraction of sp³-hybridized carbons (Fsp3) is 0.889. The molecule has 1 saturated heterocycles. The van der Waals surface area contributed by atoms with Crippen LogP contribution < -0.4 is 0 Å². The van der Waals surface area contributed by atoms with Crippen LogP contribution in [0.2, 0.25) is 0 Å². The molecule has 0 N–H and O–H groups in total. The molecule has 0 aromatic heterocycles. The average Bonchev–Trinajstić information content (AvgIpc) is 2.30. The second kappa shape index (κ2) is 5.17. The lowest BCUT2D eigenvalue weighted by Crippen LogP contribution is -2.34. The zero-order valence-corrected chi connectivity index (χ0v) is 7.96. The molecule has 0 amide bonds. The highest BCUT2D eigenvalue weighted by atomic mass is 19.1. The SMILES string of the molecule is COC(=O)CN1CCCCC(F)C1. The standard InChI is InChI=1S/C9H16FNO2/c1-13-9(12)7-11-5-3-2-4-8(10)6-11/h8H,2-7H2,1H3. The van der Waals surface area contributed by atoms with Crippen LogP contribution in [0.3, 0.4) is 0 Å². The summed E-state index contributed by atoms with van der Waals surface area (Å²) in [6, 6.07) is 0. The molecule has 13 heavy (non-hydrogen) atoms. The monoisotopic (exact) mass is 189 g/mol. The van der Waals surface area contributed by atoms with E-state index in [-0.39, 0.29) is 12.5 Å². The van der Waals surface area contributed by atoms with Crippen molar-refractivity contribution in [1.29, 1.82) is 0 Å². The highest BCUT2D eigenvalue weighted by molar-refractivity contribution is 5.71. The molecule has 1 aliphatic rings. The summed E-state index contributed by atoms with van der Waals surface area (Å²) in [6.45, 7) is 1.39. The Morgan fingerprint density at radius 3 is 3.08 bits per heavy atom. The predicted molar refractivity (Wildman–Crippen MR) is 47.2 cm³/mol. The second-order valence-corrected chi connectivity index (χ2v) is 3.40. The number of methoxy groups -OCH3 is 1. The Balaban J connectivity index is 2.34. The van der Waals surface area contributed by atoms with Gasteiger partial charge in [-0.3, -0.25) is 9.69 Å². The number of likely N-dealkylation sites (tertiary alicyclic amines) is 1. The summed E-state index contributed by atoms with van der Waals surface area (Å²) in [6.07, 6.45) is 1.72. The van der Waals surface area contributed by atoms with Gasteiger partial charge in [-0.05, 0) is 25.8 Å². The normalized spacial score (nSPS) is 25.2. The zero-order valence-electron chi connectivity index (χ0n) is 7.96. The third kappa shape index (κ3) is 3.72. The number of carbonyl (C=O) groups is 1. The van der Waals surface area contributed by atoms with Gasteiger partial charge in [0.25, 0.3) is 0 Å². The van der Waals surface area contributed by atoms with Gasteiger partial charge in [0.2, 0.25) is 0 Å². The highest BCUT2D eigenvalue weighted by Crippen LogP contribution is 2.12. The maximum absolute atomic E-state index is 13.1. The maximum atomic E-state index is 13.1. The van der Waals surface area contributed by atoms with Crippen LogP contribution in [-0.2, 0) is 9.53 Å². The Labute approximate surface area is 77.9 Å². The molecule has 76 valence electrons. The first-order chi connectivity index (χ1) is 6.22. The number of nitrogens with zero attached hydrogens (tertiary/aromatic N) is 1. The molecule has 0 spiro atoms. The molecule has 1 atom stereocenters. The Morgan fingerprint density at radius 2 is 2.38 bits per heavy atom. The van der Waals surface area contributed by atoms with Crippen molar-refractivity contribution in [3.8, 4) is 0 Å². The van der Waals surface area contributed by atoms with Crippen molar-refractivity contribution in [3.05, 3.63) is 0 Å². The first kappa shape index (κ1) is 10.4. The molecule has 1 unspecified atom stereocenters. The first-order valence-electron chi connectivity index (χ1n) is 4.65.